The third-order valence-corrected chi connectivity index (χ3v) is 19.3. The summed E-state index contributed by atoms with van der Waals surface area (Å²) in [5, 5.41) is 12.3. The molecule has 7 rings (SSSR count). The number of piperidine rings is 1. The Bertz CT molecular complexity index is 2260. The summed E-state index contributed by atoms with van der Waals surface area (Å²) < 4.78 is 72.3. The van der Waals surface area contributed by atoms with Crippen molar-refractivity contribution in [2.75, 3.05) is 58.7 Å². The molecule has 3 aliphatic heterocycles. The van der Waals surface area contributed by atoms with E-state index in [0.717, 1.165) is 19.4 Å². The van der Waals surface area contributed by atoms with E-state index < -0.39 is 37.0 Å². The smallest absolute Gasteiger partial charge is 0.319 e. The van der Waals surface area contributed by atoms with Crippen LogP contribution in [0.3, 0.4) is 0 Å². The van der Waals surface area contributed by atoms with Gasteiger partial charge in [0.1, 0.15) is 54.8 Å². The summed E-state index contributed by atoms with van der Waals surface area (Å²) in [4.78, 5) is 18.3. The maximum atomic E-state index is 17.8. The van der Waals surface area contributed by atoms with E-state index in [1.807, 2.05) is 4.90 Å². The number of aromatic nitrogens is 3. The quantitative estimate of drug-likeness (QED) is 0.0846. The van der Waals surface area contributed by atoms with E-state index in [-0.39, 0.29) is 59.6 Å². The summed E-state index contributed by atoms with van der Waals surface area (Å²) in [5.74, 6) is 2.64. The Hall–Kier alpha value is -4.16. The largest absolute Gasteiger partial charge is 0.480 e. The number of hydrogen-bond donors (Lipinski definition) is 1. The van der Waals surface area contributed by atoms with Crippen LogP contribution in [-0.2, 0) is 4.74 Å². The molecule has 4 aromatic rings. The highest BCUT2D eigenvalue weighted by molar-refractivity contribution is 6.90. The van der Waals surface area contributed by atoms with Gasteiger partial charge in [-0.15, -0.1) is 5.54 Å². The van der Waals surface area contributed by atoms with Gasteiger partial charge in [0.2, 0.25) is 5.88 Å². The molecule has 3 fully saturated rings. The maximum absolute atomic E-state index is 17.8. The minimum absolute atomic E-state index is 0.0334. The third kappa shape index (κ3) is 7.96. The van der Waals surface area contributed by atoms with E-state index in [9.17, 15) is 9.50 Å². The number of fused-ring (bicyclic) bond motifs is 3. The zero-order valence-electron chi connectivity index (χ0n) is 35.8. The van der Waals surface area contributed by atoms with Gasteiger partial charge in [0.15, 0.2) is 12.6 Å². The van der Waals surface area contributed by atoms with Crippen LogP contribution in [0.2, 0.25) is 16.6 Å². The predicted molar refractivity (Wildman–Crippen MR) is 228 cm³/mol. The summed E-state index contributed by atoms with van der Waals surface area (Å²) in [7, 11) is 0.603. The zero-order valence-corrected chi connectivity index (χ0v) is 36.8. The lowest BCUT2D eigenvalue weighted by Gasteiger charge is -2.38. The van der Waals surface area contributed by atoms with Gasteiger partial charge < -0.3 is 29.0 Å². The van der Waals surface area contributed by atoms with Crippen molar-refractivity contribution in [1.29, 1.82) is 0 Å². The number of anilines is 1. The predicted octanol–water partition coefficient (Wildman–Crippen LogP) is 8.99. The number of methoxy groups -OCH3 is 2. The molecule has 0 spiro atoms. The fourth-order valence-electron chi connectivity index (χ4n) is 10.3. The second-order valence-electron chi connectivity index (χ2n) is 17.9. The summed E-state index contributed by atoms with van der Waals surface area (Å²) in [6.07, 6.45) is 2.31. The first kappa shape index (κ1) is 42.9. The average molecular weight is 834 g/mol. The van der Waals surface area contributed by atoms with Crippen LogP contribution < -0.4 is 19.1 Å². The Balaban J connectivity index is 1.48. The number of β-amino-alcohol motifs (C(OH)–C–C–N with tert-alkyl or cyclic N) is 1. The number of aliphatic hydroxyl groups is 1. The molecule has 10 nitrogen and oxygen atoms in total. The Labute approximate surface area is 346 Å². The van der Waals surface area contributed by atoms with Crippen molar-refractivity contribution in [3.63, 3.8) is 0 Å². The van der Waals surface area contributed by atoms with Crippen LogP contribution in [0.15, 0.2) is 24.3 Å². The van der Waals surface area contributed by atoms with Gasteiger partial charge in [0.05, 0.1) is 23.8 Å². The average Bonchev–Trinajstić information content (AvgIpc) is 3.71. The first-order chi connectivity index (χ1) is 28.0. The number of halogens is 3. The summed E-state index contributed by atoms with van der Waals surface area (Å²) in [5.41, 5.74) is 3.08. The van der Waals surface area contributed by atoms with Crippen molar-refractivity contribution >= 4 is 35.6 Å². The molecule has 0 aliphatic carbocycles. The van der Waals surface area contributed by atoms with Crippen LogP contribution >= 0.6 is 0 Å². The van der Waals surface area contributed by atoms with E-state index in [1.165, 1.54) is 20.3 Å². The van der Waals surface area contributed by atoms with Gasteiger partial charge in [-0.25, -0.2) is 18.2 Å². The highest BCUT2D eigenvalue weighted by atomic mass is 28.3. The van der Waals surface area contributed by atoms with Gasteiger partial charge in [-0.05, 0) is 79.4 Å². The van der Waals surface area contributed by atoms with E-state index in [4.69, 9.17) is 33.9 Å². The molecule has 14 heteroatoms. The van der Waals surface area contributed by atoms with E-state index in [0.29, 0.717) is 71.3 Å². The Kier molecular flexibility index (Phi) is 12.2. The van der Waals surface area contributed by atoms with Gasteiger partial charge in [-0.1, -0.05) is 53.5 Å². The van der Waals surface area contributed by atoms with Crippen LogP contribution in [0.5, 0.6) is 17.6 Å². The molecule has 0 amide bonds. The van der Waals surface area contributed by atoms with E-state index in [1.54, 1.807) is 25.1 Å². The molecule has 2 aromatic heterocycles. The second-order valence-corrected chi connectivity index (χ2v) is 23.5. The van der Waals surface area contributed by atoms with Crippen molar-refractivity contribution in [3.8, 4) is 40.4 Å². The van der Waals surface area contributed by atoms with Gasteiger partial charge in [0, 0.05) is 44.1 Å². The lowest BCUT2D eigenvalue weighted by Crippen LogP contribution is -2.46. The van der Waals surface area contributed by atoms with E-state index in [2.05, 4.69) is 57.9 Å². The minimum Gasteiger partial charge on any atom is -0.480 e. The standard InChI is InChI=1S/C45H58F3N5O5Si/c1-27(2)59(28(3)4,29(5)6)19-14-33-35(47)13-12-30-20-32(58-26-55-8)21-34(36(30)33)39-38(48)40-37(42(49-39)56-9)41(52-17-10-15-44(7,54)24-52)51-43(50-40)57-25-45-16-11-18-53(45)23-31(46)22-45/h12-13,20-21,27-29,31,54H,10-11,15-18,22-26H2,1-9H3/t31-,44?,45+/m1/s1. The third-order valence-electron chi connectivity index (χ3n) is 13.0. The van der Waals surface area contributed by atoms with Crippen LogP contribution in [-0.4, -0.2) is 104 Å². The molecule has 0 bridgehead atoms. The first-order valence-electron chi connectivity index (χ1n) is 20.9. The molecule has 0 saturated carbocycles. The molecule has 5 heterocycles. The fourth-order valence-corrected chi connectivity index (χ4v) is 15.5. The number of hydrogen-bond acceptors (Lipinski definition) is 10. The molecule has 59 heavy (non-hydrogen) atoms. The van der Waals surface area contributed by atoms with E-state index >= 15 is 8.78 Å². The normalized spacial score (nSPS) is 22.4. The summed E-state index contributed by atoms with van der Waals surface area (Å²) in [6, 6.07) is 6.28. The molecule has 318 valence electrons. The van der Waals surface area contributed by atoms with Crippen molar-refractivity contribution in [2.24, 2.45) is 0 Å². The molecule has 0 radical (unpaired) electrons. The molecule has 2 aromatic carbocycles. The molecule has 1 N–H and O–H groups in total. The Morgan fingerprint density at radius 1 is 0.949 bits per heavy atom. The monoisotopic (exact) mass is 833 g/mol. The maximum Gasteiger partial charge on any atom is 0.319 e. The summed E-state index contributed by atoms with van der Waals surface area (Å²) >= 11 is 0. The highest BCUT2D eigenvalue weighted by Crippen LogP contribution is 2.45. The Morgan fingerprint density at radius 2 is 1.68 bits per heavy atom. The fraction of sp³-hybridized carbons (Fsp3) is 0.578. The molecule has 3 atom stereocenters. The number of rotatable bonds is 12. The summed E-state index contributed by atoms with van der Waals surface area (Å²) in [6.45, 7) is 16.8. The first-order valence-corrected chi connectivity index (χ1v) is 23.1. The number of nitrogens with zero attached hydrogens (tertiary/aromatic N) is 5. The van der Waals surface area contributed by atoms with Gasteiger partial charge in [-0.2, -0.15) is 9.97 Å². The van der Waals surface area contributed by atoms with Crippen LogP contribution in [0, 0.1) is 23.1 Å². The topological polar surface area (TPSA) is 102 Å². The minimum atomic E-state index is -2.33. The number of pyridine rings is 1. The highest BCUT2D eigenvalue weighted by Gasteiger charge is 2.49. The molecule has 3 saturated heterocycles. The molecule has 1 unspecified atom stereocenters. The number of ether oxygens (including phenoxy) is 4. The Morgan fingerprint density at radius 3 is 2.36 bits per heavy atom. The van der Waals surface area contributed by atoms with Crippen LogP contribution in [0.1, 0.15) is 86.1 Å². The SMILES string of the molecule is COCOc1cc(-c2nc(OC)c3c(N4CCCC(C)(O)C4)nc(OC[C@@]45CCCN4C[C@H](F)C5)nc3c2F)c2c(C#C[Si](C(C)C)(C(C)C)C(C)C)c(F)ccc2c1. The number of alkyl halides is 1. The molecular weight excluding hydrogens is 776 g/mol. The molecular formula is C45H58F3N5O5Si. The van der Waals surface area contributed by atoms with Crippen molar-refractivity contribution < 1.29 is 37.2 Å². The second kappa shape index (κ2) is 16.7. The lowest BCUT2D eigenvalue weighted by atomic mass is 9.94. The van der Waals surface area contributed by atoms with Gasteiger partial charge >= 0.3 is 6.01 Å². The van der Waals surface area contributed by atoms with Crippen molar-refractivity contribution in [1.82, 2.24) is 19.9 Å². The van der Waals surface area contributed by atoms with Crippen molar-refractivity contribution in [3.05, 3.63) is 41.5 Å². The van der Waals surface area contributed by atoms with Crippen LogP contribution in [0.25, 0.3) is 32.9 Å². The molecule has 3 aliphatic rings. The van der Waals surface area contributed by atoms with Gasteiger partial charge in [0.25, 0.3) is 0 Å². The zero-order chi connectivity index (χ0) is 42.4. The van der Waals surface area contributed by atoms with Crippen molar-refractivity contribution in [2.45, 2.75) is 115 Å². The number of benzene rings is 2. The van der Waals surface area contributed by atoms with Gasteiger partial charge in [-0.3, -0.25) is 4.90 Å². The van der Waals surface area contributed by atoms with Crippen LogP contribution in [0.4, 0.5) is 19.0 Å². The lowest BCUT2D eigenvalue weighted by molar-refractivity contribution is 0.0447.